The molecule has 60 valence electrons. The van der Waals surface area contributed by atoms with Gasteiger partial charge in [-0.3, -0.25) is 0 Å². The number of ether oxygens (including phenoxy) is 1. The van der Waals surface area contributed by atoms with Gasteiger partial charge in [-0.1, -0.05) is 0 Å². The van der Waals surface area contributed by atoms with E-state index in [2.05, 4.69) is 31.9 Å². The molecule has 0 aliphatic rings. The van der Waals surface area contributed by atoms with E-state index in [1.54, 1.807) is 13.2 Å². The van der Waals surface area contributed by atoms with Gasteiger partial charge in [0.15, 0.2) is 0 Å². The van der Waals surface area contributed by atoms with Crippen LogP contribution in [0.5, 0.6) is 5.75 Å². The van der Waals surface area contributed by atoms with Crippen LogP contribution in [-0.4, -0.2) is 7.11 Å². The molecule has 0 amide bonds. The second-order valence-electron chi connectivity index (χ2n) is 2.01. The molecule has 0 aromatic heterocycles. The van der Waals surface area contributed by atoms with Crippen LogP contribution in [0.15, 0.2) is 21.1 Å². The van der Waals surface area contributed by atoms with Crippen molar-refractivity contribution in [2.45, 2.75) is 0 Å². The lowest BCUT2D eigenvalue weighted by atomic mass is 10.3. The molecule has 0 aliphatic heterocycles. The van der Waals surface area contributed by atoms with E-state index < -0.39 is 0 Å². The van der Waals surface area contributed by atoms with E-state index in [9.17, 15) is 0 Å². The summed E-state index contributed by atoms with van der Waals surface area (Å²) in [7, 11) is 1.60. The van der Waals surface area contributed by atoms with Crippen LogP contribution in [0.2, 0.25) is 0 Å². The third-order valence-electron chi connectivity index (χ3n) is 1.27. The van der Waals surface area contributed by atoms with Gasteiger partial charge in [0.2, 0.25) is 0 Å². The fraction of sp³-hybridized carbons (Fsp3) is 0.143. The molecule has 2 nitrogen and oxygen atoms in total. The highest BCUT2D eigenvalue weighted by atomic mass is 79.9. The topological polar surface area (TPSA) is 35.2 Å². The number of nitrogens with two attached hydrogens (primary N) is 1. The molecule has 0 saturated carbocycles. The summed E-state index contributed by atoms with van der Waals surface area (Å²) in [5.74, 6) is 0.741. The molecular weight excluding hydrogens is 274 g/mol. The first kappa shape index (κ1) is 8.87. The average molecular weight is 281 g/mol. The van der Waals surface area contributed by atoms with Crippen LogP contribution in [0, 0.1) is 0 Å². The van der Waals surface area contributed by atoms with Crippen LogP contribution < -0.4 is 10.5 Å². The zero-order chi connectivity index (χ0) is 8.43. The third kappa shape index (κ3) is 1.87. The lowest BCUT2D eigenvalue weighted by Crippen LogP contribution is -1.90. The Morgan fingerprint density at radius 2 is 1.91 bits per heavy atom. The van der Waals surface area contributed by atoms with Crippen LogP contribution in [0.25, 0.3) is 0 Å². The second-order valence-corrected chi connectivity index (χ2v) is 3.72. The Balaban J connectivity index is 3.21. The predicted molar refractivity (Wildman–Crippen MR) is 52.8 cm³/mol. The average Bonchev–Trinajstić information content (AvgIpc) is 1.97. The molecule has 0 atom stereocenters. The standard InChI is InChI=1S/C7H7Br2NO/c1-11-7-3-6(10)4(8)2-5(7)9/h2-3H,10H2,1H3. The maximum Gasteiger partial charge on any atom is 0.135 e. The van der Waals surface area contributed by atoms with Gasteiger partial charge in [-0.05, 0) is 37.9 Å². The van der Waals surface area contributed by atoms with E-state index in [-0.39, 0.29) is 0 Å². The maximum absolute atomic E-state index is 5.62. The number of methoxy groups -OCH3 is 1. The minimum absolute atomic E-state index is 0.671. The third-order valence-corrected chi connectivity index (χ3v) is 2.58. The number of anilines is 1. The Morgan fingerprint density at radius 1 is 1.27 bits per heavy atom. The number of nitrogen functional groups attached to an aromatic ring is 1. The van der Waals surface area contributed by atoms with Crippen molar-refractivity contribution in [2.75, 3.05) is 12.8 Å². The fourth-order valence-corrected chi connectivity index (χ4v) is 1.86. The number of halogens is 2. The summed E-state index contributed by atoms with van der Waals surface area (Å²) in [4.78, 5) is 0. The van der Waals surface area contributed by atoms with Crippen molar-refractivity contribution in [3.8, 4) is 5.75 Å². The van der Waals surface area contributed by atoms with E-state index in [1.165, 1.54) is 0 Å². The molecule has 11 heavy (non-hydrogen) atoms. The molecule has 0 radical (unpaired) electrons. The highest BCUT2D eigenvalue weighted by Crippen LogP contribution is 2.32. The van der Waals surface area contributed by atoms with Crippen molar-refractivity contribution < 1.29 is 4.74 Å². The van der Waals surface area contributed by atoms with Crippen LogP contribution in [-0.2, 0) is 0 Å². The quantitative estimate of drug-likeness (QED) is 0.803. The van der Waals surface area contributed by atoms with Gasteiger partial charge >= 0.3 is 0 Å². The summed E-state index contributed by atoms with van der Waals surface area (Å²) in [5, 5.41) is 0. The lowest BCUT2D eigenvalue weighted by Gasteiger charge is -2.05. The smallest absolute Gasteiger partial charge is 0.135 e. The molecule has 0 aliphatic carbocycles. The fourth-order valence-electron chi connectivity index (χ4n) is 0.701. The molecule has 0 unspecified atom stereocenters. The predicted octanol–water partition coefficient (Wildman–Crippen LogP) is 2.80. The van der Waals surface area contributed by atoms with E-state index in [0.29, 0.717) is 5.69 Å². The minimum Gasteiger partial charge on any atom is -0.495 e. The Labute approximate surface area is 82.0 Å². The van der Waals surface area contributed by atoms with Gasteiger partial charge in [-0.2, -0.15) is 0 Å². The zero-order valence-electron chi connectivity index (χ0n) is 5.90. The molecule has 0 fully saturated rings. The Morgan fingerprint density at radius 3 is 2.45 bits per heavy atom. The zero-order valence-corrected chi connectivity index (χ0v) is 9.07. The molecule has 0 heterocycles. The van der Waals surface area contributed by atoms with Gasteiger partial charge in [0.1, 0.15) is 5.75 Å². The normalized spacial score (nSPS) is 9.73. The van der Waals surface area contributed by atoms with E-state index in [1.807, 2.05) is 6.07 Å². The molecule has 4 heteroatoms. The number of benzene rings is 1. The minimum atomic E-state index is 0.671. The van der Waals surface area contributed by atoms with Gasteiger partial charge in [0.25, 0.3) is 0 Å². The van der Waals surface area contributed by atoms with Crippen LogP contribution in [0.4, 0.5) is 5.69 Å². The van der Waals surface area contributed by atoms with Crippen LogP contribution in [0.1, 0.15) is 0 Å². The van der Waals surface area contributed by atoms with E-state index >= 15 is 0 Å². The van der Waals surface area contributed by atoms with Crippen molar-refractivity contribution >= 4 is 37.5 Å². The first-order valence-corrected chi connectivity index (χ1v) is 4.52. The Kier molecular flexibility index (Phi) is 2.78. The van der Waals surface area contributed by atoms with Gasteiger partial charge in [0.05, 0.1) is 11.6 Å². The SMILES string of the molecule is COc1cc(N)c(Br)cc1Br. The number of hydrogen-bond acceptors (Lipinski definition) is 2. The molecule has 1 rings (SSSR count). The summed E-state index contributed by atoms with van der Waals surface area (Å²) >= 11 is 6.63. The number of rotatable bonds is 1. The van der Waals surface area contributed by atoms with Crippen LogP contribution >= 0.6 is 31.9 Å². The molecule has 1 aromatic rings. The van der Waals surface area contributed by atoms with Gasteiger partial charge in [0, 0.05) is 16.2 Å². The van der Waals surface area contributed by atoms with Crippen molar-refractivity contribution in [3.63, 3.8) is 0 Å². The van der Waals surface area contributed by atoms with Crippen molar-refractivity contribution in [1.29, 1.82) is 0 Å². The Bertz CT molecular complexity index is 275. The van der Waals surface area contributed by atoms with Crippen molar-refractivity contribution in [3.05, 3.63) is 21.1 Å². The summed E-state index contributed by atoms with van der Waals surface area (Å²) in [6.45, 7) is 0. The summed E-state index contributed by atoms with van der Waals surface area (Å²) in [5.41, 5.74) is 6.29. The molecule has 1 aromatic carbocycles. The molecule has 2 N–H and O–H groups in total. The Hall–Kier alpha value is -0.220. The highest BCUT2D eigenvalue weighted by molar-refractivity contribution is 9.11. The monoisotopic (exact) mass is 279 g/mol. The maximum atomic E-state index is 5.62. The summed E-state index contributed by atoms with van der Waals surface area (Å²) < 4.78 is 6.79. The second kappa shape index (κ2) is 3.45. The van der Waals surface area contributed by atoms with Crippen molar-refractivity contribution in [2.24, 2.45) is 0 Å². The first-order chi connectivity index (χ1) is 5.15. The molecular formula is C7H7Br2NO. The number of hydrogen-bond donors (Lipinski definition) is 1. The summed E-state index contributed by atoms with van der Waals surface area (Å²) in [6.07, 6.45) is 0. The molecule has 0 spiro atoms. The largest absolute Gasteiger partial charge is 0.495 e. The first-order valence-electron chi connectivity index (χ1n) is 2.93. The van der Waals surface area contributed by atoms with Crippen LogP contribution in [0.3, 0.4) is 0 Å². The van der Waals surface area contributed by atoms with Gasteiger partial charge in [-0.15, -0.1) is 0 Å². The van der Waals surface area contributed by atoms with Crippen molar-refractivity contribution in [1.82, 2.24) is 0 Å². The molecule has 0 bridgehead atoms. The lowest BCUT2D eigenvalue weighted by molar-refractivity contribution is 0.412. The molecule has 0 saturated heterocycles. The summed E-state index contributed by atoms with van der Waals surface area (Å²) in [6, 6.07) is 3.61. The van der Waals surface area contributed by atoms with Gasteiger partial charge < -0.3 is 10.5 Å². The van der Waals surface area contributed by atoms with Gasteiger partial charge in [-0.25, -0.2) is 0 Å². The van der Waals surface area contributed by atoms with E-state index in [0.717, 1.165) is 14.7 Å². The van der Waals surface area contributed by atoms with E-state index in [4.69, 9.17) is 10.5 Å². The highest BCUT2D eigenvalue weighted by Gasteiger charge is 2.03.